The van der Waals surface area contributed by atoms with Crippen LogP contribution >= 0.6 is 0 Å². The zero-order valence-electron chi connectivity index (χ0n) is 19.0. The summed E-state index contributed by atoms with van der Waals surface area (Å²) < 4.78 is 20.6. The third-order valence-electron chi connectivity index (χ3n) is 5.91. The molecule has 1 aliphatic rings. The van der Waals surface area contributed by atoms with E-state index < -0.39 is 11.8 Å². The van der Waals surface area contributed by atoms with Crippen LogP contribution in [0.1, 0.15) is 39.9 Å². The molecule has 0 saturated heterocycles. The first-order valence-electron chi connectivity index (χ1n) is 10.7. The maximum atomic E-state index is 15.1. The Kier molecular flexibility index (Phi) is 6.14. The number of aryl methyl sites for hydroxylation is 3. The molecule has 0 amide bonds. The number of oxime groups is 1. The molecule has 3 aromatic rings. The molecule has 1 N–H and O–H groups in total. The molecule has 33 heavy (non-hydrogen) atoms. The molecule has 2 aromatic carbocycles. The van der Waals surface area contributed by atoms with Crippen molar-refractivity contribution in [3.8, 4) is 22.8 Å². The Labute approximate surface area is 191 Å². The van der Waals surface area contributed by atoms with Gasteiger partial charge in [-0.25, -0.2) is 14.2 Å². The highest BCUT2D eigenvalue weighted by molar-refractivity contribution is 6.02. The van der Waals surface area contributed by atoms with Crippen molar-refractivity contribution in [3.05, 3.63) is 75.7 Å². The van der Waals surface area contributed by atoms with Crippen molar-refractivity contribution < 1.29 is 23.9 Å². The van der Waals surface area contributed by atoms with E-state index in [1.165, 1.54) is 0 Å². The van der Waals surface area contributed by atoms with Crippen LogP contribution in [0.25, 0.3) is 11.3 Å². The number of rotatable bonds is 6. The van der Waals surface area contributed by atoms with Gasteiger partial charge in [-0.05, 0) is 79.8 Å². The maximum Gasteiger partial charge on any atom is 0.340 e. The molecular formula is C26H25FN2O4. The van der Waals surface area contributed by atoms with Gasteiger partial charge in [0.25, 0.3) is 0 Å². The minimum Gasteiger partial charge on any atom is -0.506 e. The highest BCUT2D eigenvalue weighted by atomic mass is 19.1. The van der Waals surface area contributed by atoms with Crippen LogP contribution in [0, 0.1) is 33.5 Å². The van der Waals surface area contributed by atoms with Gasteiger partial charge in [0.05, 0.1) is 6.42 Å². The summed E-state index contributed by atoms with van der Waals surface area (Å²) in [6.07, 6.45) is 0.453. The van der Waals surface area contributed by atoms with Crippen molar-refractivity contribution in [1.29, 1.82) is 0 Å². The normalized spacial score (nSPS) is 13.1. The lowest BCUT2D eigenvalue weighted by atomic mass is 9.96. The average molecular weight is 448 g/mol. The highest BCUT2D eigenvalue weighted by Gasteiger charge is 2.20. The summed E-state index contributed by atoms with van der Waals surface area (Å²) in [4.78, 5) is 20.3. The van der Waals surface area contributed by atoms with Crippen molar-refractivity contribution in [1.82, 2.24) is 4.98 Å². The number of nitrogens with zero attached hydrogens (tertiary/aromatic N) is 2. The number of carbonyl (C=O) groups is 1. The first-order valence-corrected chi connectivity index (χ1v) is 10.7. The predicted octanol–water partition coefficient (Wildman–Crippen LogP) is 5.10. The molecule has 0 spiro atoms. The molecule has 0 fully saturated rings. The zero-order valence-corrected chi connectivity index (χ0v) is 19.0. The van der Waals surface area contributed by atoms with Crippen LogP contribution in [0.4, 0.5) is 4.39 Å². The summed E-state index contributed by atoms with van der Waals surface area (Å²) >= 11 is 0. The van der Waals surface area contributed by atoms with Gasteiger partial charge in [0.2, 0.25) is 0 Å². The molecule has 7 heteroatoms. The van der Waals surface area contributed by atoms with Crippen LogP contribution in [0.3, 0.4) is 0 Å². The third kappa shape index (κ3) is 4.72. The smallest absolute Gasteiger partial charge is 0.340 e. The molecule has 0 atom stereocenters. The largest absolute Gasteiger partial charge is 0.506 e. The van der Waals surface area contributed by atoms with E-state index in [4.69, 9.17) is 4.74 Å². The molecule has 1 aliphatic heterocycles. The van der Waals surface area contributed by atoms with E-state index in [0.717, 1.165) is 33.5 Å². The van der Waals surface area contributed by atoms with E-state index in [-0.39, 0.29) is 24.5 Å². The fraction of sp³-hybridized carbons (Fsp3) is 0.269. The van der Waals surface area contributed by atoms with Gasteiger partial charge in [-0.3, -0.25) is 0 Å². The number of benzene rings is 2. The van der Waals surface area contributed by atoms with Crippen LogP contribution in [0.2, 0.25) is 0 Å². The van der Waals surface area contributed by atoms with Crippen molar-refractivity contribution in [3.63, 3.8) is 0 Å². The van der Waals surface area contributed by atoms with Crippen molar-refractivity contribution >= 4 is 11.7 Å². The summed E-state index contributed by atoms with van der Waals surface area (Å²) in [6.45, 7) is 7.63. The lowest BCUT2D eigenvalue weighted by Crippen LogP contribution is -2.12. The Morgan fingerprint density at radius 1 is 1.06 bits per heavy atom. The monoisotopic (exact) mass is 448 g/mol. The second-order valence-electron chi connectivity index (χ2n) is 8.34. The van der Waals surface area contributed by atoms with Crippen LogP contribution in [-0.2, 0) is 16.1 Å². The zero-order chi connectivity index (χ0) is 23.7. The second-order valence-corrected chi connectivity index (χ2v) is 8.34. The SMILES string of the molecule is Cc1ccc(-c2nc(Cc3c(C)cc(OCC4=NOC(=O)C4)c(F)c3C)ccc2O)cc1C. The fourth-order valence-electron chi connectivity index (χ4n) is 3.80. The van der Waals surface area contributed by atoms with E-state index in [1.807, 2.05) is 39.0 Å². The molecular weight excluding hydrogens is 423 g/mol. The molecule has 2 heterocycles. The summed E-state index contributed by atoms with van der Waals surface area (Å²) in [7, 11) is 0. The van der Waals surface area contributed by atoms with Crippen LogP contribution in [0.5, 0.6) is 11.5 Å². The van der Waals surface area contributed by atoms with Crippen molar-refractivity contribution in [2.45, 2.75) is 40.5 Å². The second kappa shape index (κ2) is 9.02. The molecule has 0 saturated carbocycles. The maximum absolute atomic E-state index is 15.1. The fourth-order valence-corrected chi connectivity index (χ4v) is 3.80. The standard InChI is InChI=1S/C26H25FN2O4/c1-14-5-6-18(9-15(14)2)26-22(30)8-7-19(28-26)11-21-16(3)10-23(25(27)17(21)4)32-13-20-12-24(31)33-29-20/h5-10,30H,11-13H2,1-4H3. The lowest BCUT2D eigenvalue weighted by molar-refractivity contribution is -0.140. The van der Waals surface area contributed by atoms with E-state index in [1.54, 1.807) is 25.1 Å². The van der Waals surface area contributed by atoms with Gasteiger partial charge in [-0.1, -0.05) is 17.3 Å². The lowest BCUT2D eigenvalue weighted by Gasteiger charge is -2.16. The minimum atomic E-state index is -0.463. The van der Waals surface area contributed by atoms with Crippen LogP contribution in [0.15, 0.2) is 41.6 Å². The first kappa shape index (κ1) is 22.5. The molecule has 1 aromatic heterocycles. The molecule has 170 valence electrons. The number of ether oxygens (including phenoxy) is 1. The van der Waals surface area contributed by atoms with E-state index in [0.29, 0.717) is 23.4 Å². The Hall–Kier alpha value is -3.74. The van der Waals surface area contributed by atoms with Gasteiger partial charge < -0.3 is 14.7 Å². The molecule has 0 unspecified atom stereocenters. The van der Waals surface area contributed by atoms with E-state index >= 15 is 4.39 Å². The predicted molar refractivity (Wildman–Crippen MR) is 123 cm³/mol. The number of pyridine rings is 1. The number of hydrogen-bond donors (Lipinski definition) is 1. The highest BCUT2D eigenvalue weighted by Crippen LogP contribution is 2.32. The average Bonchev–Trinajstić information content (AvgIpc) is 3.21. The number of halogens is 1. The van der Waals surface area contributed by atoms with Gasteiger partial charge in [0.1, 0.15) is 23.8 Å². The minimum absolute atomic E-state index is 0.0142. The van der Waals surface area contributed by atoms with Crippen molar-refractivity contribution in [2.75, 3.05) is 6.61 Å². The quantitative estimate of drug-likeness (QED) is 0.531. The Bertz CT molecular complexity index is 1280. The molecule has 0 bridgehead atoms. The van der Waals surface area contributed by atoms with Crippen LogP contribution < -0.4 is 4.74 Å². The Morgan fingerprint density at radius 3 is 2.55 bits per heavy atom. The molecule has 0 aliphatic carbocycles. The summed E-state index contributed by atoms with van der Waals surface area (Å²) in [6, 6.07) is 10.9. The van der Waals surface area contributed by atoms with Crippen LogP contribution in [-0.4, -0.2) is 28.4 Å². The molecule has 0 radical (unpaired) electrons. The van der Waals surface area contributed by atoms with Gasteiger partial charge in [-0.2, -0.15) is 0 Å². The topological polar surface area (TPSA) is 81.0 Å². The van der Waals surface area contributed by atoms with Gasteiger partial charge >= 0.3 is 5.97 Å². The first-order chi connectivity index (χ1) is 15.7. The Morgan fingerprint density at radius 2 is 1.85 bits per heavy atom. The van der Waals surface area contributed by atoms with Gasteiger partial charge in [0.15, 0.2) is 11.6 Å². The number of hydrogen-bond acceptors (Lipinski definition) is 6. The molecule has 4 rings (SSSR count). The summed E-state index contributed by atoms with van der Waals surface area (Å²) in [5.74, 6) is -0.708. The van der Waals surface area contributed by atoms with E-state index in [9.17, 15) is 9.90 Å². The molecule has 6 nitrogen and oxygen atoms in total. The van der Waals surface area contributed by atoms with Gasteiger partial charge in [0, 0.05) is 17.7 Å². The third-order valence-corrected chi connectivity index (χ3v) is 5.91. The number of aromatic nitrogens is 1. The van der Waals surface area contributed by atoms with Crippen molar-refractivity contribution in [2.24, 2.45) is 5.16 Å². The summed E-state index contributed by atoms with van der Waals surface area (Å²) in [5.41, 5.74) is 6.88. The Balaban J connectivity index is 1.59. The van der Waals surface area contributed by atoms with E-state index in [2.05, 4.69) is 15.0 Å². The summed E-state index contributed by atoms with van der Waals surface area (Å²) in [5, 5.41) is 14.0. The number of carbonyl (C=O) groups excluding carboxylic acids is 1. The van der Waals surface area contributed by atoms with Gasteiger partial charge in [-0.15, -0.1) is 0 Å². The number of aromatic hydroxyl groups is 1.